The van der Waals surface area contributed by atoms with E-state index in [1.807, 2.05) is 0 Å². The van der Waals surface area contributed by atoms with E-state index < -0.39 is 17.9 Å². The average Bonchev–Trinajstić information content (AvgIpc) is 2.53. The fraction of sp³-hybridized carbons (Fsp3) is 0.188. The van der Waals surface area contributed by atoms with Crippen molar-refractivity contribution in [3.05, 3.63) is 53.2 Å². The van der Waals surface area contributed by atoms with Crippen molar-refractivity contribution < 1.29 is 22.7 Å². The average molecular weight is 355 g/mol. The zero-order valence-corrected chi connectivity index (χ0v) is 12.8. The third-order valence-corrected chi connectivity index (χ3v) is 3.67. The zero-order chi connectivity index (χ0) is 17.4. The molecule has 0 bridgehead atoms. The molecule has 1 N–H and O–H groups in total. The van der Waals surface area contributed by atoms with Crippen molar-refractivity contribution in [3.63, 3.8) is 0 Å². The number of anilines is 1. The van der Waals surface area contributed by atoms with Gasteiger partial charge in [0.25, 0.3) is 5.60 Å². The number of fused-ring (bicyclic) bond motifs is 1. The fourth-order valence-corrected chi connectivity index (χ4v) is 2.49. The highest BCUT2D eigenvalue weighted by Crippen LogP contribution is 2.47. The molecule has 0 unspecified atom stereocenters. The van der Waals surface area contributed by atoms with E-state index in [2.05, 4.69) is 22.0 Å². The molecule has 1 aromatic rings. The molecule has 2 heterocycles. The Bertz CT molecular complexity index is 808. The summed E-state index contributed by atoms with van der Waals surface area (Å²) in [4.78, 5) is 13.0. The molecule has 0 spiro atoms. The molecule has 0 fully saturated rings. The number of allylic oxidation sites excluding steroid dienone is 2. The van der Waals surface area contributed by atoms with E-state index in [0.29, 0.717) is 6.54 Å². The van der Waals surface area contributed by atoms with E-state index >= 15 is 0 Å². The lowest BCUT2D eigenvalue weighted by Crippen LogP contribution is -2.49. The van der Waals surface area contributed by atoms with E-state index in [1.54, 1.807) is 18.2 Å². The second-order valence-electron chi connectivity index (χ2n) is 5.04. The number of nitrogens with one attached hydrogen (secondary N) is 1. The summed E-state index contributed by atoms with van der Waals surface area (Å²) in [6.07, 6.45) is 0.458. The summed E-state index contributed by atoms with van der Waals surface area (Å²) in [7, 11) is 0. The molecular formula is C16H10ClF3N2O2. The van der Waals surface area contributed by atoms with Gasteiger partial charge in [-0.05, 0) is 30.2 Å². The Morgan fingerprint density at radius 1 is 1.33 bits per heavy atom. The van der Waals surface area contributed by atoms with Crippen LogP contribution in [-0.4, -0.2) is 23.7 Å². The van der Waals surface area contributed by atoms with Crippen molar-refractivity contribution in [1.29, 1.82) is 0 Å². The molecule has 1 amide bonds. The summed E-state index contributed by atoms with van der Waals surface area (Å²) in [5.41, 5.74) is -3.49. The third-order valence-electron chi connectivity index (χ3n) is 3.43. The fourth-order valence-electron chi connectivity index (χ4n) is 2.32. The number of amides is 1. The number of carbonyl (C=O) groups is 1. The van der Waals surface area contributed by atoms with Gasteiger partial charge in [-0.2, -0.15) is 13.2 Å². The molecule has 24 heavy (non-hydrogen) atoms. The number of carbonyl (C=O) groups excluding carboxylic acids is 1. The lowest BCUT2D eigenvalue weighted by molar-refractivity contribution is -0.239. The summed E-state index contributed by atoms with van der Waals surface area (Å²) in [6.45, 7) is 0.325. The number of rotatable bonds is 0. The van der Waals surface area contributed by atoms with Gasteiger partial charge in [-0.25, -0.2) is 4.79 Å². The maximum absolute atomic E-state index is 13.8. The molecule has 2 aliphatic rings. The number of hydrogen-bond donors (Lipinski definition) is 1. The molecule has 0 saturated carbocycles. The first-order valence-corrected chi connectivity index (χ1v) is 7.19. The highest BCUT2D eigenvalue weighted by atomic mass is 35.5. The van der Waals surface area contributed by atoms with Crippen molar-refractivity contribution in [2.24, 2.45) is 0 Å². The summed E-state index contributed by atoms with van der Waals surface area (Å²) < 4.78 is 46.1. The minimum absolute atomic E-state index is 0.0450. The zero-order valence-electron chi connectivity index (χ0n) is 12.0. The molecule has 0 aliphatic carbocycles. The highest BCUT2D eigenvalue weighted by Gasteiger charge is 2.62. The van der Waals surface area contributed by atoms with Crippen LogP contribution < -0.4 is 5.32 Å². The van der Waals surface area contributed by atoms with Gasteiger partial charge in [0.1, 0.15) is 0 Å². The van der Waals surface area contributed by atoms with Crippen LogP contribution in [0.1, 0.15) is 5.56 Å². The molecule has 0 radical (unpaired) electrons. The molecule has 1 atom stereocenters. The molecule has 1 aromatic carbocycles. The summed E-state index contributed by atoms with van der Waals surface area (Å²) in [5.74, 6) is 2.08. The topological polar surface area (TPSA) is 41.6 Å². The number of cyclic esters (lactones) is 1. The van der Waals surface area contributed by atoms with E-state index in [9.17, 15) is 18.0 Å². The Balaban J connectivity index is 2.16. The summed E-state index contributed by atoms with van der Waals surface area (Å²) >= 11 is 5.82. The van der Waals surface area contributed by atoms with Crippen LogP contribution in [-0.2, 0) is 10.3 Å². The van der Waals surface area contributed by atoms with Crippen LogP contribution in [0.5, 0.6) is 0 Å². The van der Waals surface area contributed by atoms with Crippen molar-refractivity contribution in [1.82, 2.24) is 4.90 Å². The normalized spacial score (nSPS) is 22.2. The summed E-state index contributed by atoms with van der Waals surface area (Å²) in [5, 5.41) is 2.30. The number of benzene rings is 1. The molecule has 0 saturated heterocycles. The van der Waals surface area contributed by atoms with E-state index in [4.69, 9.17) is 11.6 Å². The van der Waals surface area contributed by atoms with E-state index in [-0.39, 0.29) is 16.3 Å². The Hall–Kier alpha value is -2.59. The van der Waals surface area contributed by atoms with Gasteiger partial charge in [-0.15, -0.1) is 0 Å². The highest BCUT2D eigenvalue weighted by molar-refractivity contribution is 6.30. The van der Waals surface area contributed by atoms with Gasteiger partial charge in [0.05, 0.1) is 5.69 Å². The number of hydrogen-bond acceptors (Lipinski definition) is 3. The van der Waals surface area contributed by atoms with Gasteiger partial charge >= 0.3 is 12.3 Å². The van der Waals surface area contributed by atoms with Gasteiger partial charge < -0.3 is 9.64 Å². The molecule has 2 aliphatic heterocycles. The van der Waals surface area contributed by atoms with Gasteiger partial charge in [-0.1, -0.05) is 23.8 Å². The van der Waals surface area contributed by atoms with Crippen LogP contribution in [0.4, 0.5) is 23.7 Å². The maximum Gasteiger partial charge on any atom is 0.445 e. The Kier molecular flexibility index (Phi) is 3.93. The first kappa shape index (κ1) is 16.3. The number of halogens is 4. The molecule has 8 heteroatoms. The number of alkyl halides is 3. The van der Waals surface area contributed by atoms with Gasteiger partial charge in [0, 0.05) is 29.4 Å². The van der Waals surface area contributed by atoms with Crippen molar-refractivity contribution in [2.75, 3.05) is 11.9 Å². The van der Waals surface area contributed by atoms with Crippen molar-refractivity contribution in [2.45, 2.75) is 11.8 Å². The molecule has 124 valence electrons. The number of ether oxygens (including phenoxy) is 1. The van der Waals surface area contributed by atoms with Crippen LogP contribution in [0.3, 0.4) is 0 Å². The first-order chi connectivity index (χ1) is 11.3. The standard InChI is InChI=1S/C16H10ClF3N2O2/c17-11-4-5-13-12(10-11)15(16(18,19)20,24-14(23)21-13)6-9-22-7-2-1-3-8-22/h1-5,7,10H,8H2,(H,21,23)/t15-/m0/s1. The van der Waals surface area contributed by atoms with Crippen LogP contribution in [0.25, 0.3) is 0 Å². The van der Waals surface area contributed by atoms with Gasteiger partial charge in [-0.3, -0.25) is 5.32 Å². The minimum Gasteiger partial charge on any atom is -0.415 e. The molecule has 4 nitrogen and oxygen atoms in total. The van der Waals surface area contributed by atoms with E-state index in [1.165, 1.54) is 23.2 Å². The first-order valence-electron chi connectivity index (χ1n) is 6.81. The largest absolute Gasteiger partial charge is 0.445 e. The lowest BCUT2D eigenvalue weighted by atomic mass is 9.90. The monoisotopic (exact) mass is 354 g/mol. The molecule has 3 rings (SSSR count). The van der Waals surface area contributed by atoms with Crippen LogP contribution in [0.15, 0.2) is 42.6 Å². The second kappa shape index (κ2) is 5.80. The van der Waals surface area contributed by atoms with E-state index in [0.717, 1.165) is 6.07 Å². The van der Waals surface area contributed by atoms with Crippen LogP contribution in [0, 0.1) is 12.0 Å². The van der Waals surface area contributed by atoms with Crippen LogP contribution >= 0.6 is 11.6 Å². The molecular weight excluding hydrogens is 345 g/mol. The Morgan fingerprint density at radius 3 is 2.79 bits per heavy atom. The van der Waals surface area contributed by atoms with Crippen molar-refractivity contribution in [3.8, 4) is 12.0 Å². The quantitative estimate of drug-likeness (QED) is 0.716. The SMILES string of the molecule is O=C1Nc2ccc(Cl)cc2[C@@](C#CN2C=CC=CC2)(C(F)(F)F)O1. The lowest BCUT2D eigenvalue weighted by Gasteiger charge is -2.35. The Labute approximate surface area is 140 Å². The Morgan fingerprint density at radius 2 is 2.12 bits per heavy atom. The van der Waals surface area contributed by atoms with Crippen molar-refractivity contribution >= 4 is 23.4 Å². The molecule has 0 aromatic heterocycles. The predicted molar refractivity (Wildman–Crippen MR) is 82.1 cm³/mol. The summed E-state index contributed by atoms with van der Waals surface area (Å²) in [6, 6.07) is 6.14. The predicted octanol–water partition coefficient (Wildman–Crippen LogP) is 4.01. The van der Waals surface area contributed by atoms with Gasteiger partial charge in [0.2, 0.25) is 0 Å². The van der Waals surface area contributed by atoms with Crippen LogP contribution in [0.2, 0.25) is 5.02 Å². The minimum atomic E-state index is -4.95. The second-order valence-corrected chi connectivity index (χ2v) is 5.48. The van der Waals surface area contributed by atoms with Gasteiger partial charge in [0.15, 0.2) is 0 Å². The maximum atomic E-state index is 13.8. The number of nitrogens with zero attached hydrogens (tertiary/aromatic N) is 1. The third kappa shape index (κ3) is 2.81. The smallest absolute Gasteiger partial charge is 0.415 e.